The summed E-state index contributed by atoms with van der Waals surface area (Å²) in [6, 6.07) is 16.4. The van der Waals surface area contributed by atoms with Crippen LogP contribution in [0.15, 0.2) is 48.5 Å². The van der Waals surface area contributed by atoms with Crippen LogP contribution in [0.3, 0.4) is 0 Å². The van der Waals surface area contributed by atoms with Crippen molar-refractivity contribution in [2.24, 2.45) is 5.92 Å². The van der Waals surface area contributed by atoms with Crippen LogP contribution in [0.5, 0.6) is 0 Å². The van der Waals surface area contributed by atoms with Gasteiger partial charge in [0.1, 0.15) is 6.61 Å². The van der Waals surface area contributed by atoms with Crippen molar-refractivity contribution in [1.29, 1.82) is 0 Å². The zero-order valence-electron chi connectivity index (χ0n) is 19.3. The molecule has 1 saturated carbocycles. The van der Waals surface area contributed by atoms with Gasteiger partial charge in [0.25, 0.3) is 0 Å². The third kappa shape index (κ3) is 5.76. The lowest BCUT2D eigenvalue weighted by molar-refractivity contribution is -0.137. The van der Waals surface area contributed by atoms with Crippen molar-refractivity contribution in [3.63, 3.8) is 0 Å². The molecule has 2 atom stereocenters. The van der Waals surface area contributed by atoms with E-state index in [-0.39, 0.29) is 36.8 Å². The van der Waals surface area contributed by atoms with Gasteiger partial charge in [-0.25, -0.2) is 4.79 Å². The van der Waals surface area contributed by atoms with E-state index in [0.29, 0.717) is 25.8 Å². The molecule has 0 heterocycles. The Labute approximate surface area is 199 Å². The molecule has 2 aliphatic rings. The summed E-state index contributed by atoms with van der Waals surface area (Å²) in [4.78, 5) is 35.6. The number of unbranched alkanes of at least 4 members (excludes halogenated alkanes) is 1. The van der Waals surface area contributed by atoms with Gasteiger partial charge in [0.2, 0.25) is 5.91 Å². The summed E-state index contributed by atoms with van der Waals surface area (Å²) in [5.41, 5.74) is 4.73. The van der Waals surface area contributed by atoms with Crippen LogP contribution < -0.4 is 10.6 Å². The lowest BCUT2D eigenvalue weighted by Gasteiger charge is -2.29. The van der Waals surface area contributed by atoms with Gasteiger partial charge in [-0.15, -0.1) is 0 Å². The van der Waals surface area contributed by atoms with Crippen molar-refractivity contribution in [3.8, 4) is 11.1 Å². The fourth-order valence-corrected chi connectivity index (χ4v) is 5.12. The van der Waals surface area contributed by atoms with Gasteiger partial charge in [-0.05, 0) is 54.4 Å². The number of ether oxygens (including phenoxy) is 1. The predicted molar refractivity (Wildman–Crippen MR) is 128 cm³/mol. The lowest BCUT2D eigenvalue weighted by atomic mass is 9.85. The molecule has 2 aromatic carbocycles. The quantitative estimate of drug-likeness (QED) is 0.476. The topological polar surface area (TPSA) is 105 Å². The van der Waals surface area contributed by atoms with Crippen molar-refractivity contribution >= 4 is 18.0 Å². The molecule has 3 N–H and O–H groups in total. The average molecular weight is 465 g/mol. The number of hydrogen-bond donors (Lipinski definition) is 3. The second-order valence-electron chi connectivity index (χ2n) is 9.17. The summed E-state index contributed by atoms with van der Waals surface area (Å²) in [6.45, 7) is 0.750. The van der Waals surface area contributed by atoms with Crippen LogP contribution >= 0.6 is 0 Å². The Morgan fingerprint density at radius 3 is 2.29 bits per heavy atom. The van der Waals surface area contributed by atoms with Crippen molar-refractivity contribution in [2.45, 2.75) is 56.9 Å². The zero-order valence-corrected chi connectivity index (χ0v) is 19.3. The Bertz CT molecular complexity index is 992. The van der Waals surface area contributed by atoms with Crippen LogP contribution in [0.2, 0.25) is 0 Å². The Hall–Kier alpha value is -3.35. The number of hydrogen-bond acceptors (Lipinski definition) is 4. The van der Waals surface area contributed by atoms with Gasteiger partial charge in [0, 0.05) is 30.8 Å². The summed E-state index contributed by atoms with van der Waals surface area (Å²) in [5, 5.41) is 14.5. The number of alkyl carbamates (subject to hydrolysis) is 1. The first-order chi connectivity index (χ1) is 16.5. The number of nitrogens with one attached hydrogen (secondary N) is 2. The van der Waals surface area contributed by atoms with Crippen molar-refractivity contribution in [2.75, 3.05) is 13.2 Å². The van der Waals surface area contributed by atoms with E-state index in [4.69, 9.17) is 9.84 Å². The van der Waals surface area contributed by atoms with E-state index < -0.39 is 12.1 Å². The monoisotopic (exact) mass is 464 g/mol. The zero-order chi connectivity index (χ0) is 23.9. The smallest absolute Gasteiger partial charge is 0.407 e. The summed E-state index contributed by atoms with van der Waals surface area (Å²) >= 11 is 0. The van der Waals surface area contributed by atoms with E-state index in [2.05, 4.69) is 34.9 Å². The summed E-state index contributed by atoms with van der Waals surface area (Å²) in [5.74, 6) is -0.966. The van der Waals surface area contributed by atoms with E-state index >= 15 is 0 Å². The normalized spacial score (nSPS) is 19.1. The third-order valence-corrected chi connectivity index (χ3v) is 6.83. The molecule has 2 amide bonds. The van der Waals surface area contributed by atoms with Crippen LogP contribution in [0.25, 0.3) is 11.1 Å². The Morgan fingerprint density at radius 2 is 1.62 bits per heavy atom. The maximum Gasteiger partial charge on any atom is 0.407 e. The molecule has 1 fully saturated rings. The molecule has 4 rings (SSSR count). The van der Waals surface area contributed by atoms with Crippen LogP contribution in [-0.2, 0) is 14.3 Å². The molecule has 7 heteroatoms. The minimum atomic E-state index is -0.819. The Balaban J connectivity index is 1.24. The number of aliphatic carboxylic acids is 1. The Kier molecular flexibility index (Phi) is 7.83. The van der Waals surface area contributed by atoms with E-state index in [9.17, 15) is 14.4 Å². The second kappa shape index (κ2) is 11.2. The summed E-state index contributed by atoms with van der Waals surface area (Å²) < 4.78 is 5.65. The largest absolute Gasteiger partial charge is 0.481 e. The number of fused-ring (bicyclic) bond motifs is 3. The van der Waals surface area contributed by atoms with Gasteiger partial charge in [-0.3, -0.25) is 9.59 Å². The molecule has 0 radical (unpaired) electrons. The SMILES string of the molecule is O=C(O)CCCCNC(=O)[C@H]1CCC[C@@H](NC(=O)OCC2c3ccccc3-c3ccccc32)C1. The number of amides is 2. The standard InChI is InChI=1S/C27H32N2O5/c30-25(31)14-5-6-15-28-26(32)18-8-7-9-19(16-18)29-27(33)34-17-24-22-12-3-1-10-20(22)21-11-2-4-13-23(21)24/h1-4,10-13,18-19,24H,5-9,14-17H2,(H,28,32)(H,29,33)(H,30,31)/t18-,19+/m0/s1. The predicted octanol–water partition coefficient (Wildman–Crippen LogP) is 4.46. The van der Waals surface area contributed by atoms with Crippen molar-refractivity contribution in [3.05, 3.63) is 59.7 Å². The van der Waals surface area contributed by atoms with Crippen molar-refractivity contribution < 1.29 is 24.2 Å². The summed E-state index contributed by atoms with van der Waals surface area (Å²) in [7, 11) is 0. The molecule has 7 nitrogen and oxygen atoms in total. The molecule has 0 bridgehead atoms. The van der Waals surface area contributed by atoms with Crippen LogP contribution in [0, 0.1) is 5.92 Å². The molecule has 0 saturated heterocycles. The Morgan fingerprint density at radius 1 is 0.941 bits per heavy atom. The summed E-state index contributed by atoms with van der Waals surface area (Å²) in [6.07, 6.45) is 3.94. The van der Waals surface area contributed by atoms with Crippen LogP contribution in [-0.4, -0.2) is 42.3 Å². The first kappa shape index (κ1) is 23.8. The molecule has 0 spiro atoms. The molecule has 34 heavy (non-hydrogen) atoms. The van der Waals surface area contributed by atoms with Gasteiger partial charge >= 0.3 is 12.1 Å². The molecule has 2 aliphatic carbocycles. The van der Waals surface area contributed by atoms with Gasteiger partial charge in [-0.2, -0.15) is 0 Å². The molecule has 0 unspecified atom stereocenters. The molecule has 0 aromatic heterocycles. The highest BCUT2D eigenvalue weighted by Crippen LogP contribution is 2.44. The van der Waals surface area contributed by atoms with Gasteiger partial charge in [0.15, 0.2) is 0 Å². The number of carboxylic acids is 1. The number of benzene rings is 2. The highest BCUT2D eigenvalue weighted by Gasteiger charge is 2.31. The van der Waals surface area contributed by atoms with E-state index in [1.807, 2.05) is 24.3 Å². The number of rotatable bonds is 9. The van der Waals surface area contributed by atoms with E-state index in [1.165, 1.54) is 22.3 Å². The fourth-order valence-electron chi connectivity index (χ4n) is 5.12. The van der Waals surface area contributed by atoms with Crippen LogP contribution in [0.4, 0.5) is 4.79 Å². The van der Waals surface area contributed by atoms with Crippen LogP contribution in [0.1, 0.15) is 62.0 Å². The molecule has 180 valence electrons. The molecule has 2 aromatic rings. The van der Waals surface area contributed by atoms with Gasteiger partial charge < -0.3 is 20.5 Å². The molecule has 0 aliphatic heterocycles. The van der Waals surface area contributed by atoms with Gasteiger partial charge in [-0.1, -0.05) is 55.0 Å². The first-order valence-electron chi connectivity index (χ1n) is 12.1. The molecular formula is C27H32N2O5. The number of carbonyl (C=O) groups is 3. The minimum absolute atomic E-state index is 0.0177. The van der Waals surface area contributed by atoms with Crippen molar-refractivity contribution in [1.82, 2.24) is 10.6 Å². The lowest BCUT2D eigenvalue weighted by Crippen LogP contribution is -2.43. The second-order valence-corrected chi connectivity index (χ2v) is 9.17. The third-order valence-electron chi connectivity index (χ3n) is 6.83. The highest BCUT2D eigenvalue weighted by molar-refractivity contribution is 5.80. The minimum Gasteiger partial charge on any atom is -0.481 e. The highest BCUT2D eigenvalue weighted by atomic mass is 16.5. The maximum atomic E-state index is 12.6. The molecular weight excluding hydrogens is 432 g/mol. The van der Waals surface area contributed by atoms with Gasteiger partial charge in [0.05, 0.1) is 0 Å². The maximum absolute atomic E-state index is 12.6. The first-order valence-corrected chi connectivity index (χ1v) is 12.1. The number of carboxylic acid groups (broad SMARTS) is 1. The number of carbonyl (C=O) groups excluding carboxylic acids is 2. The fraction of sp³-hybridized carbons (Fsp3) is 0.444. The average Bonchev–Trinajstić information content (AvgIpc) is 3.16. The van der Waals surface area contributed by atoms with E-state index in [0.717, 1.165) is 19.3 Å². The van der Waals surface area contributed by atoms with E-state index in [1.54, 1.807) is 0 Å².